The number of hydrogen-bond acceptors (Lipinski definition) is 2. The van der Waals surface area contributed by atoms with Crippen LogP contribution in [-0.4, -0.2) is 16.7 Å². The van der Waals surface area contributed by atoms with Gasteiger partial charge in [0.1, 0.15) is 5.70 Å². The Morgan fingerprint density at radius 2 is 1.71 bits per heavy atom. The van der Waals surface area contributed by atoms with Gasteiger partial charge in [-0.05, 0) is 37.1 Å². The summed E-state index contributed by atoms with van der Waals surface area (Å²) in [7, 11) is 0. The van der Waals surface area contributed by atoms with Crippen LogP contribution in [0.2, 0.25) is 5.02 Å². The van der Waals surface area contributed by atoms with Crippen molar-refractivity contribution >= 4 is 29.1 Å². The van der Waals surface area contributed by atoms with Gasteiger partial charge in [-0.3, -0.25) is 0 Å². The van der Waals surface area contributed by atoms with Crippen molar-refractivity contribution in [3.63, 3.8) is 0 Å². The molecule has 1 heterocycles. The standard InChI is InChI=1S/C21H22ClN5.2C2H6/c1-14-18(22)10-7-11-19(14)26-21-24-15(2)20(25-16(3)23)13-27(21)12-17-8-5-4-6-9-17;2*1-2/h4-11,13H,2,12H2,1,3H3,(H2,23,25)(H,24,26);2*1-2H3. The molecule has 0 saturated heterocycles. The number of aliphatic imine (C=N–C) groups is 2. The molecule has 0 fully saturated rings. The topological polar surface area (TPSA) is 66.0 Å². The molecule has 0 spiro atoms. The molecular formula is C25H34ClN5. The maximum atomic E-state index is 6.24. The summed E-state index contributed by atoms with van der Waals surface area (Å²) >= 11 is 6.24. The van der Waals surface area contributed by atoms with Gasteiger partial charge in [-0.1, -0.05) is 82.3 Å². The normalized spacial score (nSPS) is 14.6. The third kappa shape index (κ3) is 7.61. The summed E-state index contributed by atoms with van der Waals surface area (Å²) in [6.45, 7) is 16.4. The van der Waals surface area contributed by atoms with Gasteiger partial charge >= 0.3 is 0 Å². The number of hydrogen-bond donors (Lipinski definition) is 2. The van der Waals surface area contributed by atoms with Gasteiger partial charge < -0.3 is 16.0 Å². The summed E-state index contributed by atoms with van der Waals surface area (Å²) in [6, 6.07) is 15.8. The average molecular weight is 440 g/mol. The summed E-state index contributed by atoms with van der Waals surface area (Å²) in [5.74, 6) is 1.12. The van der Waals surface area contributed by atoms with Crippen LogP contribution in [0, 0.1) is 6.92 Å². The molecular weight excluding hydrogens is 406 g/mol. The molecule has 0 bridgehead atoms. The number of nitrogens with zero attached hydrogens (tertiary/aromatic N) is 3. The van der Waals surface area contributed by atoms with Crippen LogP contribution in [0.4, 0.5) is 5.69 Å². The highest BCUT2D eigenvalue weighted by Gasteiger charge is 2.20. The monoisotopic (exact) mass is 439 g/mol. The Balaban J connectivity index is 0.00000113. The van der Waals surface area contributed by atoms with Crippen LogP contribution in [0.15, 0.2) is 82.7 Å². The number of halogens is 1. The van der Waals surface area contributed by atoms with E-state index in [2.05, 4.69) is 29.0 Å². The van der Waals surface area contributed by atoms with Crippen molar-refractivity contribution in [1.82, 2.24) is 10.2 Å². The maximum Gasteiger partial charge on any atom is 0.208 e. The Morgan fingerprint density at radius 1 is 1.06 bits per heavy atom. The van der Waals surface area contributed by atoms with Gasteiger partial charge in [0.25, 0.3) is 0 Å². The minimum atomic E-state index is 0.468. The van der Waals surface area contributed by atoms with E-state index in [1.54, 1.807) is 6.92 Å². The van der Waals surface area contributed by atoms with Crippen LogP contribution in [0.5, 0.6) is 0 Å². The fraction of sp³-hybridized carbons (Fsp3) is 0.280. The lowest BCUT2D eigenvalue weighted by molar-refractivity contribution is 0.518. The van der Waals surface area contributed by atoms with Crippen LogP contribution in [-0.2, 0) is 6.54 Å². The van der Waals surface area contributed by atoms with Crippen molar-refractivity contribution in [3.8, 4) is 0 Å². The van der Waals surface area contributed by atoms with Gasteiger partial charge in [0.05, 0.1) is 23.8 Å². The Hall–Kier alpha value is -3.05. The summed E-state index contributed by atoms with van der Waals surface area (Å²) in [6.07, 6.45) is 1.90. The first-order valence-electron chi connectivity index (χ1n) is 10.6. The SMILES string of the molecule is C=C1NC(=Nc2cccc(Cl)c2C)N(Cc2ccccc2)C=C1N=C(C)N.CC.CC. The quantitative estimate of drug-likeness (QED) is 0.420. The van der Waals surface area contributed by atoms with Crippen LogP contribution >= 0.6 is 11.6 Å². The average Bonchev–Trinajstić information content (AvgIpc) is 2.78. The Morgan fingerprint density at radius 3 is 2.32 bits per heavy atom. The number of benzene rings is 2. The zero-order valence-corrected chi connectivity index (χ0v) is 20.2. The molecule has 31 heavy (non-hydrogen) atoms. The number of amidine groups is 1. The molecule has 0 aliphatic carbocycles. The van der Waals surface area contributed by atoms with Crippen molar-refractivity contribution in [2.24, 2.45) is 15.7 Å². The fourth-order valence-corrected chi connectivity index (χ4v) is 2.84. The molecule has 6 heteroatoms. The highest BCUT2D eigenvalue weighted by Crippen LogP contribution is 2.27. The van der Waals surface area contributed by atoms with Crippen molar-refractivity contribution in [1.29, 1.82) is 0 Å². The summed E-state index contributed by atoms with van der Waals surface area (Å²) in [5, 5.41) is 3.93. The molecule has 0 aromatic heterocycles. The Kier molecular flexibility index (Phi) is 11.1. The van der Waals surface area contributed by atoms with Gasteiger partial charge in [-0.2, -0.15) is 0 Å². The van der Waals surface area contributed by atoms with Crippen LogP contribution < -0.4 is 11.1 Å². The second-order valence-electron chi connectivity index (χ2n) is 6.30. The van der Waals surface area contributed by atoms with Crippen molar-refractivity contribution in [2.45, 2.75) is 48.1 Å². The number of nitrogens with two attached hydrogens (primary N) is 1. The van der Waals surface area contributed by atoms with Gasteiger partial charge in [0, 0.05) is 11.2 Å². The van der Waals surface area contributed by atoms with Crippen LogP contribution in [0.1, 0.15) is 45.7 Å². The number of guanidine groups is 1. The molecule has 1 aliphatic heterocycles. The van der Waals surface area contributed by atoms with Crippen molar-refractivity contribution < 1.29 is 0 Å². The second kappa shape index (κ2) is 13.3. The van der Waals surface area contributed by atoms with Gasteiger partial charge in [0.2, 0.25) is 5.96 Å². The van der Waals surface area contributed by atoms with E-state index in [1.165, 1.54) is 0 Å². The molecule has 0 radical (unpaired) electrons. The lowest BCUT2D eigenvalue weighted by atomic mass is 10.2. The zero-order chi connectivity index (χ0) is 23.4. The minimum Gasteiger partial charge on any atom is -0.387 e. The molecule has 2 aromatic carbocycles. The lowest BCUT2D eigenvalue weighted by Gasteiger charge is -2.29. The summed E-state index contributed by atoms with van der Waals surface area (Å²) in [5.41, 5.74) is 9.93. The Bertz CT molecular complexity index is 942. The molecule has 3 rings (SSSR count). The van der Waals surface area contributed by atoms with E-state index in [4.69, 9.17) is 22.3 Å². The van der Waals surface area contributed by atoms with E-state index >= 15 is 0 Å². The smallest absolute Gasteiger partial charge is 0.208 e. The molecule has 0 amide bonds. The molecule has 5 nitrogen and oxygen atoms in total. The summed E-state index contributed by atoms with van der Waals surface area (Å²) in [4.78, 5) is 11.1. The molecule has 166 valence electrons. The van der Waals surface area contributed by atoms with E-state index in [1.807, 2.05) is 82.1 Å². The van der Waals surface area contributed by atoms with Gasteiger partial charge in [-0.25, -0.2) is 9.98 Å². The second-order valence-corrected chi connectivity index (χ2v) is 6.71. The Labute approximate surface area is 192 Å². The van der Waals surface area contributed by atoms with E-state index in [0.29, 0.717) is 34.8 Å². The van der Waals surface area contributed by atoms with Gasteiger partial charge in [0.15, 0.2) is 0 Å². The van der Waals surface area contributed by atoms with Crippen LogP contribution in [0.25, 0.3) is 0 Å². The first-order chi connectivity index (χ1) is 14.9. The van der Waals surface area contributed by atoms with Crippen molar-refractivity contribution in [2.75, 3.05) is 0 Å². The number of rotatable bonds is 4. The predicted molar refractivity (Wildman–Crippen MR) is 136 cm³/mol. The highest BCUT2D eigenvalue weighted by atomic mass is 35.5. The first-order valence-corrected chi connectivity index (χ1v) is 10.9. The maximum absolute atomic E-state index is 6.24. The van der Waals surface area contributed by atoms with E-state index in [9.17, 15) is 0 Å². The van der Waals surface area contributed by atoms with E-state index in [0.717, 1.165) is 16.8 Å². The molecule has 0 saturated carbocycles. The molecule has 0 unspecified atom stereocenters. The number of nitrogens with one attached hydrogen (secondary N) is 1. The molecule has 3 N–H and O–H groups in total. The largest absolute Gasteiger partial charge is 0.387 e. The first kappa shape index (κ1) is 26.0. The molecule has 1 aliphatic rings. The van der Waals surface area contributed by atoms with Gasteiger partial charge in [-0.15, -0.1) is 0 Å². The molecule has 0 atom stereocenters. The lowest BCUT2D eigenvalue weighted by Crippen LogP contribution is -2.41. The minimum absolute atomic E-state index is 0.468. The van der Waals surface area contributed by atoms with E-state index in [-0.39, 0.29) is 0 Å². The van der Waals surface area contributed by atoms with E-state index < -0.39 is 0 Å². The predicted octanol–water partition coefficient (Wildman–Crippen LogP) is 6.53. The summed E-state index contributed by atoms with van der Waals surface area (Å²) < 4.78 is 0. The molecule has 2 aromatic rings. The third-order valence-electron chi connectivity index (χ3n) is 4.08. The fourth-order valence-electron chi connectivity index (χ4n) is 2.67. The third-order valence-corrected chi connectivity index (χ3v) is 4.49. The highest BCUT2D eigenvalue weighted by molar-refractivity contribution is 6.31. The van der Waals surface area contributed by atoms with Crippen molar-refractivity contribution in [3.05, 3.63) is 88.9 Å². The zero-order valence-electron chi connectivity index (χ0n) is 19.4. The van der Waals surface area contributed by atoms with Crippen LogP contribution in [0.3, 0.4) is 0 Å².